The van der Waals surface area contributed by atoms with Crippen LogP contribution in [0.4, 0.5) is 0 Å². The molecule has 0 fully saturated rings. The normalized spacial score (nSPS) is 14.7. The average molecular weight is 266 g/mol. The molecule has 0 saturated heterocycles. The van der Waals surface area contributed by atoms with Crippen LogP contribution in [0.2, 0.25) is 5.28 Å². The molecule has 1 aliphatic rings. The van der Waals surface area contributed by atoms with E-state index in [1.165, 1.54) is 6.26 Å². The fourth-order valence-electron chi connectivity index (χ4n) is 2.18. The van der Waals surface area contributed by atoms with Crippen molar-refractivity contribution in [2.45, 2.75) is 13.0 Å². The van der Waals surface area contributed by atoms with Gasteiger partial charge in [-0.2, -0.15) is 0 Å². The van der Waals surface area contributed by atoms with E-state index < -0.39 is 0 Å². The SMILES string of the molecule is Cn1c(Cl)nc2c1CN(C(=O)c1ccco1)CC2. The number of fused-ring (bicyclic) bond motifs is 1. The topological polar surface area (TPSA) is 51.3 Å². The largest absolute Gasteiger partial charge is 0.459 e. The van der Waals surface area contributed by atoms with Crippen molar-refractivity contribution in [3.05, 3.63) is 40.8 Å². The number of carbonyl (C=O) groups is 1. The quantitative estimate of drug-likeness (QED) is 0.791. The molecule has 1 aliphatic heterocycles. The first-order valence-electron chi connectivity index (χ1n) is 5.69. The maximum absolute atomic E-state index is 12.2. The lowest BCUT2D eigenvalue weighted by Crippen LogP contribution is -2.36. The Balaban J connectivity index is 1.87. The molecular formula is C12H12ClN3O2. The summed E-state index contributed by atoms with van der Waals surface area (Å²) in [5.41, 5.74) is 1.97. The zero-order valence-corrected chi connectivity index (χ0v) is 10.6. The van der Waals surface area contributed by atoms with Crippen LogP contribution in [-0.4, -0.2) is 26.9 Å². The molecule has 0 N–H and O–H groups in total. The molecule has 6 heteroatoms. The van der Waals surface area contributed by atoms with Crippen molar-refractivity contribution in [3.63, 3.8) is 0 Å². The highest BCUT2D eigenvalue weighted by Gasteiger charge is 2.26. The minimum Gasteiger partial charge on any atom is -0.459 e. The van der Waals surface area contributed by atoms with Crippen molar-refractivity contribution >= 4 is 17.5 Å². The predicted octanol–water partition coefficient (Wildman–Crippen LogP) is 1.86. The second-order valence-electron chi connectivity index (χ2n) is 4.29. The van der Waals surface area contributed by atoms with Gasteiger partial charge < -0.3 is 13.9 Å². The zero-order chi connectivity index (χ0) is 12.7. The predicted molar refractivity (Wildman–Crippen MR) is 65.4 cm³/mol. The van der Waals surface area contributed by atoms with E-state index in [9.17, 15) is 4.79 Å². The van der Waals surface area contributed by atoms with E-state index in [1.54, 1.807) is 17.0 Å². The summed E-state index contributed by atoms with van der Waals surface area (Å²) < 4.78 is 6.95. The fourth-order valence-corrected chi connectivity index (χ4v) is 2.39. The number of aromatic nitrogens is 2. The van der Waals surface area contributed by atoms with Crippen LogP contribution >= 0.6 is 11.6 Å². The van der Waals surface area contributed by atoms with Gasteiger partial charge in [0.05, 0.1) is 24.2 Å². The standard InChI is InChI=1S/C12H12ClN3O2/c1-15-9-7-16(5-4-8(9)14-12(15)13)11(17)10-3-2-6-18-10/h2-3,6H,4-5,7H2,1H3. The lowest BCUT2D eigenvalue weighted by atomic mass is 10.1. The summed E-state index contributed by atoms with van der Waals surface area (Å²) in [6.45, 7) is 1.16. The maximum Gasteiger partial charge on any atom is 0.289 e. The maximum atomic E-state index is 12.2. The molecule has 0 saturated carbocycles. The number of rotatable bonds is 1. The second-order valence-corrected chi connectivity index (χ2v) is 4.63. The van der Waals surface area contributed by atoms with E-state index in [4.69, 9.17) is 16.0 Å². The van der Waals surface area contributed by atoms with E-state index in [1.807, 2.05) is 11.6 Å². The second kappa shape index (κ2) is 4.17. The Hall–Kier alpha value is -1.75. The monoisotopic (exact) mass is 265 g/mol. The van der Waals surface area contributed by atoms with E-state index in [-0.39, 0.29) is 5.91 Å². The molecule has 3 heterocycles. The number of amides is 1. The highest BCUT2D eigenvalue weighted by atomic mass is 35.5. The summed E-state index contributed by atoms with van der Waals surface area (Å²) in [7, 11) is 1.86. The highest BCUT2D eigenvalue weighted by molar-refractivity contribution is 6.28. The first kappa shape index (κ1) is 11.3. The van der Waals surface area contributed by atoms with Gasteiger partial charge in [0.25, 0.3) is 5.91 Å². The van der Waals surface area contributed by atoms with Crippen LogP contribution < -0.4 is 0 Å². The van der Waals surface area contributed by atoms with Gasteiger partial charge in [-0.3, -0.25) is 4.79 Å². The van der Waals surface area contributed by atoms with Gasteiger partial charge in [0, 0.05) is 20.0 Å². The number of hydrogen-bond acceptors (Lipinski definition) is 3. The smallest absolute Gasteiger partial charge is 0.289 e. The third-order valence-corrected chi connectivity index (χ3v) is 3.56. The van der Waals surface area contributed by atoms with Crippen LogP contribution in [0.3, 0.4) is 0 Å². The number of furan rings is 1. The molecule has 1 amide bonds. The van der Waals surface area contributed by atoms with Crippen LogP contribution in [0.25, 0.3) is 0 Å². The van der Waals surface area contributed by atoms with E-state index >= 15 is 0 Å². The van der Waals surface area contributed by atoms with Crippen molar-refractivity contribution in [3.8, 4) is 0 Å². The van der Waals surface area contributed by atoms with Gasteiger partial charge in [0.15, 0.2) is 5.76 Å². The molecule has 0 spiro atoms. The van der Waals surface area contributed by atoms with Gasteiger partial charge in [0.2, 0.25) is 5.28 Å². The number of imidazole rings is 1. The van der Waals surface area contributed by atoms with Gasteiger partial charge in [-0.15, -0.1) is 0 Å². The van der Waals surface area contributed by atoms with Crippen LogP contribution in [-0.2, 0) is 20.0 Å². The van der Waals surface area contributed by atoms with Crippen LogP contribution in [0, 0.1) is 0 Å². The molecule has 2 aromatic heterocycles. The fraction of sp³-hybridized carbons (Fsp3) is 0.333. The Morgan fingerprint density at radius 1 is 1.56 bits per heavy atom. The Bertz CT molecular complexity index is 589. The third kappa shape index (κ3) is 1.71. The van der Waals surface area contributed by atoms with Gasteiger partial charge in [0.1, 0.15) is 0 Å². The Kier molecular flexibility index (Phi) is 2.63. The lowest BCUT2D eigenvalue weighted by molar-refractivity contribution is 0.0697. The first-order chi connectivity index (χ1) is 8.66. The van der Waals surface area contributed by atoms with Crippen molar-refractivity contribution in [2.75, 3.05) is 6.54 Å². The molecule has 0 unspecified atom stereocenters. The molecule has 5 nitrogen and oxygen atoms in total. The summed E-state index contributed by atoms with van der Waals surface area (Å²) in [4.78, 5) is 18.2. The summed E-state index contributed by atoms with van der Waals surface area (Å²) in [5.74, 6) is 0.273. The lowest BCUT2D eigenvalue weighted by Gasteiger charge is -2.26. The molecule has 94 valence electrons. The average Bonchev–Trinajstić information content (AvgIpc) is 2.99. The molecule has 0 radical (unpaired) electrons. The summed E-state index contributed by atoms with van der Waals surface area (Å²) in [6.07, 6.45) is 2.23. The Morgan fingerprint density at radius 3 is 3.11 bits per heavy atom. The molecule has 0 aromatic carbocycles. The minimum atomic E-state index is -0.0945. The van der Waals surface area contributed by atoms with Crippen LogP contribution in [0.15, 0.2) is 22.8 Å². The van der Waals surface area contributed by atoms with Crippen LogP contribution in [0.1, 0.15) is 21.9 Å². The third-order valence-electron chi connectivity index (χ3n) is 3.22. The number of hydrogen-bond donors (Lipinski definition) is 0. The molecule has 18 heavy (non-hydrogen) atoms. The Morgan fingerprint density at radius 2 is 2.39 bits per heavy atom. The number of halogens is 1. The highest BCUT2D eigenvalue weighted by Crippen LogP contribution is 2.22. The van der Waals surface area contributed by atoms with E-state index in [0.29, 0.717) is 24.1 Å². The van der Waals surface area contributed by atoms with E-state index in [2.05, 4.69) is 4.98 Å². The first-order valence-corrected chi connectivity index (χ1v) is 6.07. The zero-order valence-electron chi connectivity index (χ0n) is 9.89. The van der Waals surface area contributed by atoms with Gasteiger partial charge in [-0.1, -0.05) is 0 Å². The van der Waals surface area contributed by atoms with Gasteiger partial charge in [-0.25, -0.2) is 4.98 Å². The van der Waals surface area contributed by atoms with Crippen molar-refractivity contribution in [2.24, 2.45) is 7.05 Å². The van der Waals surface area contributed by atoms with Crippen LogP contribution in [0.5, 0.6) is 0 Å². The van der Waals surface area contributed by atoms with Crippen molar-refractivity contribution < 1.29 is 9.21 Å². The van der Waals surface area contributed by atoms with Crippen molar-refractivity contribution in [1.29, 1.82) is 0 Å². The minimum absolute atomic E-state index is 0.0945. The van der Waals surface area contributed by atoms with Crippen molar-refractivity contribution in [1.82, 2.24) is 14.5 Å². The number of carbonyl (C=O) groups excluding carboxylic acids is 1. The molecule has 0 atom stereocenters. The summed E-state index contributed by atoms with van der Waals surface area (Å²) in [5, 5.41) is 0.465. The summed E-state index contributed by atoms with van der Waals surface area (Å²) >= 11 is 5.98. The van der Waals surface area contributed by atoms with E-state index in [0.717, 1.165) is 17.8 Å². The molecular weight excluding hydrogens is 254 g/mol. The molecule has 0 aliphatic carbocycles. The number of nitrogens with zero attached hydrogens (tertiary/aromatic N) is 3. The summed E-state index contributed by atoms with van der Waals surface area (Å²) in [6, 6.07) is 3.39. The van der Waals surface area contributed by atoms with Gasteiger partial charge in [-0.05, 0) is 23.7 Å². The molecule has 3 rings (SSSR count). The van der Waals surface area contributed by atoms with Gasteiger partial charge >= 0.3 is 0 Å². The molecule has 2 aromatic rings. The Labute approximate surface area is 109 Å². The molecule has 0 bridgehead atoms.